The largest absolute Gasteiger partial charge is 0.493 e. The molecule has 1 atom stereocenters. The van der Waals surface area contributed by atoms with Crippen molar-refractivity contribution in [1.82, 2.24) is 5.32 Å². The number of methoxy groups -OCH3 is 3. The quantitative estimate of drug-likeness (QED) is 0.762. The van der Waals surface area contributed by atoms with E-state index in [1.807, 2.05) is 6.92 Å². The summed E-state index contributed by atoms with van der Waals surface area (Å²) in [6.07, 6.45) is 0.769. The molecule has 1 aromatic carbocycles. The van der Waals surface area contributed by atoms with Crippen molar-refractivity contribution >= 4 is 5.91 Å². The zero-order chi connectivity index (χ0) is 15.8. The smallest absolute Gasteiger partial charge is 0.255 e. The molecule has 2 N–H and O–H groups in total. The molecule has 1 unspecified atom stereocenters. The van der Waals surface area contributed by atoms with Crippen LogP contribution in [0.3, 0.4) is 0 Å². The number of rotatable bonds is 8. The maximum atomic E-state index is 12.2. The second-order valence-electron chi connectivity index (χ2n) is 4.49. The van der Waals surface area contributed by atoms with Crippen molar-refractivity contribution < 1.29 is 24.1 Å². The van der Waals surface area contributed by atoms with Crippen LogP contribution < -0.4 is 19.5 Å². The number of ether oxygens (including phenoxy) is 3. The van der Waals surface area contributed by atoms with Gasteiger partial charge in [-0.1, -0.05) is 6.92 Å². The van der Waals surface area contributed by atoms with Crippen molar-refractivity contribution in [3.05, 3.63) is 17.7 Å². The van der Waals surface area contributed by atoms with Crippen molar-refractivity contribution in [1.29, 1.82) is 0 Å². The van der Waals surface area contributed by atoms with E-state index in [2.05, 4.69) is 5.32 Å². The summed E-state index contributed by atoms with van der Waals surface area (Å²) in [5, 5.41) is 12.2. The molecule has 6 heteroatoms. The number of hydrogen-bond donors (Lipinski definition) is 2. The Labute approximate surface area is 125 Å². The number of aliphatic hydroxyl groups is 1. The van der Waals surface area contributed by atoms with Crippen molar-refractivity contribution in [2.24, 2.45) is 0 Å². The van der Waals surface area contributed by atoms with Gasteiger partial charge in [0.1, 0.15) is 0 Å². The van der Waals surface area contributed by atoms with Crippen LogP contribution in [0.25, 0.3) is 0 Å². The lowest BCUT2D eigenvalue weighted by Gasteiger charge is -2.15. The fourth-order valence-corrected chi connectivity index (χ4v) is 1.93. The first kappa shape index (κ1) is 17.1. The molecule has 0 spiro atoms. The van der Waals surface area contributed by atoms with Crippen LogP contribution in [0, 0.1) is 0 Å². The monoisotopic (exact) mass is 297 g/mol. The van der Waals surface area contributed by atoms with Gasteiger partial charge in [0.2, 0.25) is 5.75 Å². The highest BCUT2D eigenvalue weighted by atomic mass is 16.5. The van der Waals surface area contributed by atoms with Gasteiger partial charge in [-0.05, 0) is 25.0 Å². The van der Waals surface area contributed by atoms with Crippen molar-refractivity contribution in [2.75, 3.05) is 27.9 Å². The van der Waals surface area contributed by atoms with Gasteiger partial charge in [-0.2, -0.15) is 0 Å². The predicted molar refractivity (Wildman–Crippen MR) is 79.3 cm³/mol. The van der Waals surface area contributed by atoms with E-state index in [1.165, 1.54) is 21.3 Å². The van der Waals surface area contributed by atoms with Gasteiger partial charge < -0.3 is 24.6 Å². The molecule has 0 fully saturated rings. The first-order chi connectivity index (χ1) is 10.1. The van der Waals surface area contributed by atoms with E-state index in [9.17, 15) is 9.90 Å². The highest BCUT2D eigenvalue weighted by molar-refractivity contribution is 5.98. The van der Waals surface area contributed by atoms with E-state index in [-0.39, 0.29) is 5.91 Å². The summed E-state index contributed by atoms with van der Waals surface area (Å²) in [6.45, 7) is 2.29. The minimum Gasteiger partial charge on any atom is -0.493 e. The molecule has 118 valence electrons. The minimum absolute atomic E-state index is 0.281. The first-order valence-electron chi connectivity index (χ1n) is 6.84. The molecule has 0 aromatic heterocycles. The lowest BCUT2D eigenvalue weighted by atomic mass is 10.1. The Balaban J connectivity index is 2.89. The fourth-order valence-electron chi connectivity index (χ4n) is 1.93. The Hall–Kier alpha value is -1.95. The number of carbonyl (C=O) groups is 1. The maximum Gasteiger partial charge on any atom is 0.255 e. The molecule has 1 amide bonds. The van der Waals surface area contributed by atoms with E-state index in [4.69, 9.17) is 14.2 Å². The molecule has 1 rings (SSSR count). The van der Waals surface area contributed by atoms with E-state index >= 15 is 0 Å². The number of nitrogens with one attached hydrogen (secondary N) is 1. The van der Waals surface area contributed by atoms with Crippen molar-refractivity contribution in [3.8, 4) is 17.2 Å². The van der Waals surface area contributed by atoms with Gasteiger partial charge >= 0.3 is 0 Å². The third-order valence-corrected chi connectivity index (χ3v) is 3.18. The third-order valence-electron chi connectivity index (χ3n) is 3.18. The van der Waals surface area contributed by atoms with Gasteiger partial charge in [-0.25, -0.2) is 0 Å². The van der Waals surface area contributed by atoms with Gasteiger partial charge in [0.15, 0.2) is 11.5 Å². The topological polar surface area (TPSA) is 77.0 Å². The summed E-state index contributed by atoms with van der Waals surface area (Å²) < 4.78 is 15.7. The molecule has 0 heterocycles. The average molecular weight is 297 g/mol. The summed E-state index contributed by atoms with van der Waals surface area (Å²) in [7, 11) is 4.47. The zero-order valence-corrected chi connectivity index (χ0v) is 12.9. The van der Waals surface area contributed by atoms with E-state index in [0.717, 1.165) is 0 Å². The fraction of sp³-hybridized carbons (Fsp3) is 0.533. The molecule has 0 aliphatic rings. The Bertz CT molecular complexity index is 475. The highest BCUT2D eigenvalue weighted by Gasteiger charge is 2.20. The van der Waals surface area contributed by atoms with Crippen LogP contribution in [-0.4, -0.2) is 45.0 Å². The summed E-state index contributed by atoms with van der Waals surface area (Å²) in [5.41, 5.74) is 0.362. The van der Waals surface area contributed by atoms with Crippen LogP contribution in [0.15, 0.2) is 12.1 Å². The van der Waals surface area contributed by atoms with Crippen LogP contribution in [0.4, 0.5) is 0 Å². The lowest BCUT2D eigenvalue weighted by molar-refractivity contribution is 0.0938. The molecule has 0 aliphatic heterocycles. The molecule has 0 radical (unpaired) electrons. The number of carbonyl (C=O) groups excluding carboxylic acids is 1. The second-order valence-corrected chi connectivity index (χ2v) is 4.49. The van der Waals surface area contributed by atoms with E-state index in [0.29, 0.717) is 42.2 Å². The van der Waals surface area contributed by atoms with Gasteiger partial charge in [-0.3, -0.25) is 4.79 Å². The van der Waals surface area contributed by atoms with Crippen LogP contribution in [0.1, 0.15) is 30.1 Å². The van der Waals surface area contributed by atoms with Gasteiger partial charge in [0.25, 0.3) is 5.91 Å². The molecule has 0 aliphatic carbocycles. The molecule has 21 heavy (non-hydrogen) atoms. The van der Waals surface area contributed by atoms with Crippen molar-refractivity contribution in [3.63, 3.8) is 0 Å². The normalized spacial score (nSPS) is 11.7. The third kappa shape index (κ3) is 4.26. The number of aliphatic hydroxyl groups excluding tert-OH is 1. The zero-order valence-electron chi connectivity index (χ0n) is 12.9. The Kier molecular flexibility index (Phi) is 6.81. The number of benzene rings is 1. The van der Waals surface area contributed by atoms with Crippen LogP contribution >= 0.6 is 0 Å². The van der Waals surface area contributed by atoms with Crippen molar-refractivity contribution in [2.45, 2.75) is 25.9 Å². The molecular formula is C15H23NO5. The number of amides is 1. The number of hydrogen-bond acceptors (Lipinski definition) is 5. The predicted octanol–water partition coefficient (Wildman–Crippen LogP) is 1.60. The van der Waals surface area contributed by atoms with Crippen LogP contribution in [0.5, 0.6) is 17.2 Å². The Morgan fingerprint density at radius 2 is 1.86 bits per heavy atom. The maximum absolute atomic E-state index is 12.2. The average Bonchev–Trinajstić information content (AvgIpc) is 2.52. The Morgan fingerprint density at radius 3 is 2.38 bits per heavy atom. The summed E-state index contributed by atoms with van der Waals surface area (Å²) in [6, 6.07) is 3.27. The van der Waals surface area contributed by atoms with E-state index < -0.39 is 6.10 Å². The Morgan fingerprint density at radius 1 is 1.19 bits per heavy atom. The minimum atomic E-state index is -0.405. The second kappa shape index (κ2) is 8.36. The molecule has 0 saturated heterocycles. The highest BCUT2D eigenvalue weighted by Crippen LogP contribution is 2.39. The summed E-state index contributed by atoms with van der Waals surface area (Å²) >= 11 is 0. The van der Waals surface area contributed by atoms with Gasteiger partial charge in [0, 0.05) is 6.54 Å². The van der Waals surface area contributed by atoms with Gasteiger partial charge in [-0.15, -0.1) is 0 Å². The molecule has 0 saturated carbocycles. The summed E-state index contributed by atoms with van der Waals surface area (Å²) in [5.74, 6) is 0.912. The SMILES string of the molecule is CCC(O)CCNC(=O)c1ccc(OC)c(OC)c1OC. The standard InChI is InChI=1S/C15H23NO5/c1-5-10(17)8-9-16-15(18)11-6-7-12(19-2)14(21-4)13(11)20-3/h6-7,10,17H,5,8-9H2,1-4H3,(H,16,18). The van der Waals surface area contributed by atoms with Crippen LogP contribution in [0.2, 0.25) is 0 Å². The molecule has 1 aromatic rings. The molecule has 6 nitrogen and oxygen atoms in total. The molecular weight excluding hydrogens is 274 g/mol. The van der Waals surface area contributed by atoms with Gasteiger partial charge in [0.05, 0.1) is 33.0 Å². The molecule has 0 bridgehead atoms. The first-order valence-corrected chi connectivity index (χ1v) is 6.84. The van der Waals surface area contributed by atoms with Crippen LogP contribution in [-0.2, 0) is 0 Å². The van der Waals surface area contributed by atoms with E-state index in [1.54, 1.807) is 12.1 Å². The summed E-state index contributed by atoms with van der Waals surface area (Å²) in [4.78, 5) is 12.2. The lowest BCUT2D eigenvalue weighted by Crippen LogP contribution is -2.27.